The first-order valence-corrected chi connectivity index (χ1v) is 5.98. The Kier molecular flexibility index (Phi) is 4.16. The van der Waals surface area contributed by atoms with Crippen molar-refractivity contribution in [3.05, 3.63) is 29.3 Å². The van der Waals surface area contributed by atoms with Crippen LogP contribution in [0, 0.1) is 12.8 Å². The lowest BCUT2D eigenvalue weighted by atomic mass is 10.0. The molecule has 0 heterocycles. The molecule has 0 spiro atoms. The van der Waals surface area contributed by atoms with Crippen LogP contribution in [0.5, 0.6) is 0 Å². The minimum Gasteiger partial charge on any atom is -0.398 e. The van der Waals surface area contributed by atoms with E-state index in [0.29, 0.717) is 17.2 Å². The molecular formula is C14H22N2O. The van der Waals surface area contributed by atoms with Gasteiger partial charge < -0.3 is 10.6 Å². The van der Waals surface area contributed by atoms with Crippen molar-refractivity contribution < 1.29 is 4.79 Å². The number of nitrogens with two attached hydrogens (primary N) is 1. The van der Waals surface area contributed by atoms with Crippen LogP contribution in [-0.4, -0.2) is 23.9 Å². The van der Waals surface area contributed by atoms with Crippen LogP contribution in [-0.2, 0) is 0 Å². The molecule has 1 unspecified atom stereocenters. The molecule has 0 fully saturated rings. The Morgan fingerprint density at radius 1 is 1.29 bits per heavy atom. The summed E-state index contributed by atoms with van der Waals surface area (Å²) in [6.45, 7) is 8.21. The van der Waals surface area contributed by atoms with E-state index in [2.05, 4.69) is 20.8 Å². The van der Waals surface area contributed by atoms with Gasteiger partial charge in [-0.1, -0.05) is 19.9 Å². The smallest absolute Gasteiger partial charge is 0.253 e. The fourth-order valence-electron chi connectivity index (χ4n) is 1.61. The number of amides is 1. The molecule has 3 heteroatoms. The van der Waals surface area contributed by atoms with Crippen molar-refractivity contribution in [3.63, 3.8) is 0 Å². The Morgan fingerprint density at radius 3 is 2.35 bits per heavy atom. The van der Waals surface area contributed by atoms with E-state index < -0.39 is 0 Å². The predicted molar refractivity (Wildman–Crippen MR) is 72.0 cm³/mol. The molecular weight excluding hydrogens is 212 g/mol. The molecule has 0 aliphatic carbocycles. The topological polar surface area (TPSA) is 46.3 Å². The average Bonchev–Trinajstić information content (AvgIpc) is 2.29. The van der Waals surface area contributed by atoms with Crippen molar-refractivity contribution >= 4 is 11.6 Å². The van der Waals surface area contributed by atoms with E-state index in [4.69, 9.17) is 5.73 Å². The minimum atomic E-state index is 0.0258. The summed E-state index contributed by atoms with van der Waals surface area (Å²) in [7, 11) is 1.84. The lowest BCUT2D eigenvalue weighted by Crippen LogP contribution is -2.38. The largest absolute Gasteiger partial charge is 0.398 e. The molecule has 0 saturated heterocycles. The first-order valence-electron chi connectivity index (χ1n) is 5.98. The number of hydrogen-bond donors (Lipinski definition) is 1. The second-order valence-corrected chi connectivity index (χ2v) is 4.97. The summed E-state index contributed by atoms with van der Waals surface area (Å²) in [4.78, 5) is 14.0. The number of nitrogens with zero attached hydrogens (tertiary/aromatic N) is 1. The summed E-state index contributed by atoms with van der Waals surface area (Å²) >= 11 is 0. The van der Waals surface area contributed by atoms with E-state index in [0.717, 1.165) is 5.56 Å². The third-order valence-electron chi connectivity index (χ3n) is 3.42. The lowest BCUT2D eigenvalue weighted by molar-refractivity contribution is 0.0707. The highest BCUT2D eigenvalue weighted by atomic mass is 16.2. The van der Waals surface area contributed by atoms with Gasteiger partial charge in [-0.15, -0.1) is 0 Å². The van der Waals surface area contributed by atoms with Crippen LogP contribution in [0.15, 0.2) is 18.2 Å². The lowest BCUT2D eigenvalue weighted by Gasteiger charge is -2.28. The van der Waals surface area contributed by atoms with Crippen LogP contribution in [0.4, 0.5) is 5.69 Å². The van der Waals surface area contributed by atoms with Gasteiger partial charge in [0, 0.05) is 24.3 Å². The molecule has 0 aliphatic rings. The van der Waals surface area contributed by atoms with Crippen LogP contribution in [0.2, 0.25) is 0 Å². The second kappa shape index (κ2) is 5.21. The van der Waals surface area contributed by atoms with E-state index in [1.807, 2.05) is 26.1 Å². The maximum Gasteiger partial charge on any atom is 0.253 e. The maximum atomic E-state index is 12.2. The number of anilines is 1. The number of hydrogen-bond acceptors (Lipinski definition) is 2. The first-order chi connectivity index (χ1) is 7.84. The summed E-state index contributed by atoms with van der Waals surface area (Å²) in [5.41, 5.74) is 8.15. The zero-order valence-electron chi connectivity index (χ0n) is 11.3. The highest BCUT2D eigenvalue weighted by Crippen LogP contribution is 2.17. The molecule has 1 rings (SSSR count). The zero-order valence-corrected chi connectivity index (χ0v) is 11.3. The molecule has 1 aromatic carbocycles. The molecule has 94 valence electrons. The molecule has 0 radical (unpaired) electrons. The molecule has 0 aromatic heterocycles. The normalized spacial score (nSPS) is 12.6. The molecule has 17 heavy (non-hydrogen) atoms. The third kappa shape index (κ3) is 2.99. The van der Waals surface area contributed by atoms with E-state index in [-0.39, 0.29) is 11.9 Å². The van der Waals surface area contributed by atoms with Crippen molar-refractivity contribution in [1.82, 2.24) is 4.90 Å². The first kappa shape index (κ1) is 13.6. The predicted octanol–water partition coefficient (Wildman–Crippen LogP) is 2.69. The number of benzene rings is 1. The van der Waals surface area contributed by atoms with Crippen molar-refractivity contribution in [2.45, 2.75) is 33.7 Å². The number of rotatable bonds is 3. The molecule has 0 aliphatic heterocycles. The molecule has 1 amide bonds. The average molecular weight is 234 g/mol. The number of nitrogen functional groups attached to an aromatic ring is 1. The van der Waals surface area contributed by atoms with Gasteiger partial charge >= 0.3 is 0 Å². The zero-order chi connectivity index (χ0) is 13.2. The maximum absolute atomic E-state index is 12.2. The van der Waals surface area contributed by atoms with Gasteiger partial charge in [0.05, 0.1) is 0 Å². The van der Waals surface area contributed by atoms with Crippen LogP contribution < -0.4 is 5.73 Å². The van der Waals surface area contributed by atoms with Gasteiger partial charge in [-0.2, -0.15) is 0 Å². The Balaban J connectivity index is 2.92. The third-order valence-corrected chi connectivity index (χ3v) is 3.42. The summed E-state index contributed by atoms with van der Waals surface area (Å²) in [5.74, 6) is 0.463. The van der Waals surface area contributed by atoms with Gasteiger partial charge in [0.1, 0.15) is 0 Å². The minimum absolute atomic E-state index is 0.0258. The number of carbonyl (C=O) groups is 1. The summed E-state index contributed by atoms with van der Waals surface area (Å²) in [6.07, 6.45) is 0. The van der Waals surface area contributed by atoms with Crippen LogP contribution in [0.1, 0.15) is 36.7 Å². The van der Waals surface area contributed by atoms with E-state index in [1.165, 1.54) is 0 Å². The summed E-state index contributed by atoms with van der Waals surface area (Å²) in [5, 5.41) is 0. The molecule has 1 atom stereocenters. The molecule has 1 aromatic rings. The number of carbonyl (C=O) groups excluding carboxylic acids is 1. The SMILES string of the molecule is Cc1ccc(C(=O)N(C)C(C)C(C)C)cc1N. The van der Waals surface area contributed by atoms with Crippen molar-refractivity contribution in [3.8, 4) is 0 Å². The van der Waals surface area contributed by atoms with Crippen LogP contribution in [0.25, 0.3) is 0 Å². The van der Waals surface area contributed by atoms with Gasteiger partial charge in [0.25, 0.3) is 5.91 Å². The van der Waals surface area contributed by atoms with E-state index in [1.54, 1.807) is 11.0 Å². The Bertz CT molecular complexity index is 413. The van der Waals surface area contributed by atoms with E-state index >= 15 is 0 Å². The summed E-state index contributed by atoms with van der Waals surface area (Å²) < 4.78 is 0. The fraction of sp³-hybridized carbons (Fsp3) is 0.500. The quantitative estimate of drug-likeness (QED) is 0.817. The molecule has 0 saturated carbocycles. The van der Waals surface area contributed by atoms with Gasteiger partial charge in [-0.3, -0.25) is 4.79 Å². The Hall–Kier alpha value is -1.51. The van der Waals surface area contributed by atoms with Crippen molar-refractivity contribution in [1.29, 1.82) is 0 Å². The molecule has 0 bridgehead atoms. The standard InChI is InChI=1S/C14H22N2O/c1-9(2)11(4)16(5)14(17)12-7-6-10(3)13(15)8-12/h6-9,11H,15H2,1-5H3. The number of aryl methyl sites for hydroxylation is 1. The Labute approximate surface area is 104 Å². The highest BCUT2D eigenvalue weighted by molar-refractivity contribution is 5.95. The van der Waals surface area contributed by atoms with Gasteiger partial charge in [-0.25, -0.2) is 0 Å². The fourth-order valence-corrected chi connectivity index (χ4v) is 1.61. The van der Waals surface area contributed by atoms with Crippen LogP contribution >= 0.6 is 0 Å². The monoisotopic (exact) mass is 234 g/mol. The van der Waals surface area contributed by atoms with Gasteiger partial charge in [-0.05, 0) is 37.5 Å². The molecule has 2 N–H and O–H groups in total. The van der Waals surface area contributed by atoms with E-state index in [9.17, 15) is 4.79 Å². The molecule has 3 nitrogen and oxygen atoms in total. The van der Waals surface area contributed by atoms with Crippen molar-refractivity contribution in [2.75, 3.05) is 12.8 Å². The van der Waals surface area contributed by atoms with Crippen molar-refractivity contribution in [2.24, 2.45) is 5.92 Å². The van der Waals surface area contributed by atoms with Gasteiger partial charge in [0.15, 0.2) is 0 Å². The highest BCUT2D eigenvalue weighted by Gasteiger charge is 2.19. The second-order valence-electron chi connectivity index (χ2n) is 4.97. The Morgan fingerprint density at radius 2 is 1.88 bits per heavy atom. The van der Waals surface area contributed by atoms with Crippen LogP contribution in [0.3, 0.4) is 0 Å². The van der Waals surface area contributed by atoms with Gasteiger partial charge in [0.2, 0.25) is 0 Å². The summed E-state index contributed by atoms with van der Waals surface area (Å²) in [6, 6.07) is 5.68.